The highest BCUT2D eigenvalue weighted by molar-refractivity contribution is 8.04. The third-order valence-electron chi connectivity index (χ3n) is 3.38. The summed E-state index contributed by atoms with van der Waals surface area (Å²) in [4.78, 5) is 15.5. The molecular formula is C19H16N3O3S-. The average Bonchev–Trinajstić information content (AvgIpc) is 3.05. The molecule has 0 bridgehead atoms. The van der Waals surface area contributed by atoms with Gasteiger partial charge in [-0.1, -0.05) is 42.5 Å². The Balaban J connectivity index is 1.74. The lowest BCUT2D eigenvalue weighted by Gasteiger charge is -2.09. The number of carbonyl (C=O) groups is 1. The number of carboxylic acid groups (broad SMARTS) is 1. The first-order valence-electron chi connectivity index (χ1n) is 7.87. The zero-order valence-corrected chi connectivity index (χ0v) is 14.8. The molecule has 26 heavy (non-hydrogen) atoms. The van der Waals surface area contributed by atoms with Crippen LogP contribution in [0.1, 0.15) is 17.0 Å². The monoisotopic (exact) mass is 366 g/mol. The number of aromatic nitrogens is 3. The summed E-state index contributed by atoms with van der Waals surface area (Å²) in [7, 11) is 0. The third-order valence-corrected chi connectivity index (χ3v) is 4.25. The van der Waals surface area contributed by atoms with Gasteiger partial charge in [0.05, 0.1) is 5.97 Å². The molecule has 0 aliphatic rings. The van der Waals surface area contributed by atoms with Gasteiger partial charge in [-0.3, -0.25) is 5.10 Å². The van der Waals surface area contributed by atoms with Crippen LogP contribution in [0.15, 0.2) is 64.7 Å². The highest BCUT2D eigenvalue weighted by Gasteiger charge is 2.07. The summed E-state index contributed by atoms with van der Waals surface area (Å²) in [6.07, 6.45) is 1.51. The Morgan fingerprint density at radius 3 is 2.73 bits per heavy atom. The van der Waals surface area contributed by atoms with Gasteiger partial charge in [0.15, 0.2) is 0 Å². The van der Waals surface area contributed by atoms with E-state index in [1.165, 1.54) is 6.08 Å². The zero-order valence-electron chi connectivity index (χ0n) is 14.0. The number of nitrogens with zero attached hydrogens (tertiary/aromatic N) is 2. The van der Waals surface area contributed by atoms with E-state index in [4.69, 9.17) is 4.74 Å². The van der Waals surface area contributed by atoms with E-state index in [9.17, 15) is 9.90 Å². The van der Waals surface area contributed by atoms with Crippen molar-refractivity contribution in [3.05, 3.63) is 76.5 Å². The van der Waals surface area contributed by atoms with Crippen LogP contribution >= 0.6 is 11.8 Å². The maximum absolute atomic E-state index is 11.4. The Morgan fingerprint density at radius 2 is 2.04 bits per heavy atom. The predicted octanol–water partition coefficient (Wildman–Crippen LogP) is 2.58. The van der Waals surface area contributed by atoms with E-state index in [1.54, 1.807) is 25.1 Å². The molecule has 7 heteroatoms. The molecule has 0 atom stereocenters. The fourth-order valence-corrected chi connectivity index (χ4v) is 2.93. The second-order valence-corrected chi connectivity index (χ2v) is 6.46. The first-order chi connectivity index (χ1) is 12.6. The molecule has 1 N–H and O–H groups in total. The average molecular weight is 366 g/mol. The largest absolute Gasteiger partial charge is 0.544 e. The van der Waals surface area contributed by atoms with Crippen molar-refractivity contribution < 1.29 is 14.6 Å². The van der Waals surface area contributed by atoms with Crippen molar-refractivity contribution in [2.75, 3.05) is 0 Å². The molecule has 0 spiro atoms. The van der Waals surface area contributed by atoms with Crippen molar-refractivity contribution in [2.24, 2.45) is 0 Å². The lowest BCUT2D eigenvalue weighted by molar-refractivity contribution is -0.297. The number of nitrogens with one attached hydrogen (secondary N) is 1. The third kappa shape index (κ3) is 4.97. The van der Waals surface area contributed by atoms with Gasteiger partial charge in [0.2, 0.25) is 5.16 Å². The van der Waals surface area contributed by atoms with Crippen molar-refractivity contribution in [3.8, 4) is 5.75 Å². The number of benzene rings is 2. The molecule has 1 aromatic heterocycles. The lowest BCUT2D eigenvalue weighted by Crippen LogP contribution is -2.23. The van der Waals surface area contributed by atoms with Gasteiger partial charge in [0.1, 0.15) is 18.2 Å². The fourth-order valence-electron chi connectivity index (χ4n) is 2.18. The summed E-state index contributed by atoms with van der Waals surface area (Å²) in [5, 5.41) is 18.3. The Bertz CT molecular complexity index is 923. The minimum Gasteiger partial charge on any atom is -0.544 e. The molecule has 0 radical (unpaired) electrons. The van der Waals surface area contributed by atoms with Crippen LogP contribution in [0.5, 0.6) is 5.75 Å². The van der Waals surface area contributed by atoms with Gasteiger partial charge in [-0.25, -0.2) is 4.98 Å². The molecule has 0 saturated carbocycles. The number of ether oxygens (including phenoxy) is 1. The fraction of sp³-hybridized carbons (Fsp3) is 0.105. The van der Waals surface area contributed by atoms with Crippen LogP contribution in [0.25, 0.3) is 6.08 Å². The van der Waals surface area contributed by atoms with Gasteiger partial charge in [0.25, 0.3) is 0 Å². The molecule has 0 saturated heterocycles. The van der Waals surface area contributed by atoms with E-state index in [0.29, 0.717) is 28.9 Å². The van der Waals surface area contributed by atoms with Crippen LogP contribution in [0.2, 0.25) is 0 Å². The number of aromatic amines is 1. The van der Waals surface area contributed by atoms with E-state index in [0.717, 1.165) is 17.3 Å². The van der Waals surface area contributed by atoms with Crippen molar-refractivity contribution >= 4 is 23.8 Å². The van der Waals surface area contributed by atoms with Crippen LogP contribution in [-0.4, -0.2) is 21.2 Å². The summed E-state index contributed by atoms with van der Waals surface area (Å²) in [5.41, 5.74) is 1.74. The topological polar surface area (TPSA) is 90.9 Å². The number of aryl methyl sites for hydroxylation is 1. The Morgan fingerprint density at radius 1 is 1.23 bits per heavy atom. The number of H-pyrrole nitrogens is 1. The molecule has 0 fully saturated rings. The molecule has 0 aliphatic heterocycles. The predicted molar refractivity (Wildman–Crippen MR) is 97.2 cm³/mol. The Hall–Kier alpha value is -3.06. The minimum atomic E-state index is -1.28. The number of aliphatic carboxylic acids is 1. The molecule has 6 nitrogen and oxygen atoms in total. The van der Waals surface area contributed by atoms with Gasteiger partial charge in [-0.15, -0.1) is 5.10 Å². The van der Waals surface area contributed by atoms with E-state index in [2.05, 4.69) is 15.2 Å². The summed E-state index contributed by atoms with van der Waals surface area (Å²) in [6, 6.07) is 17.0. The summed E-state index contributed by atoms with van der Waals surface area (Å²) < 4.78 is 5.77. The highest BCUT2D eigenvalue weighted by Crippen LogP contribution is 2.26. The molecule has 3 rings (SSSR count). The second kappa shape index (κ2) is 8.35. The number of carboxylic acids is 1. The summed E-state index contributed by atoms with van der Waals surface area (Å²) in [6.45, 7) is 2.18. The molecule has 1 heterocycles. The van der Waals surface area contributed by atoms with Gasteiger partial charge in [-0.05, 0) is 48.0 Å². The van der Waals surface area contributed by atoms with Crippen molar-refractivity contribution in [1.29, 1.82) is 0 Å². The van der Waals surface area contributed by atoms with Gasteiger partial charge >= 0.3 is 0 Å². The molecule has 0 aliphatic carbocycles. The van der Waals surface area contributed by atoms with E-state index >= 15 is 0 Å². The minimum absolute atomic E-state index is 0.0178. The van der Waals surface area contributed by atoms with Crippen LogP contribution in [0, 0.1) is 6.92 Å². The van der Waals surface area contributed by atoms with Crippen LogP contribution in [-0.2, 0) is 11.4 Å². The van der Waals surface area contributed by atoms with Crippen LogP contribution in [0.3, 0.4) is 0 Å². The number of hydrogen-bond donors (Lipinski definition) is 1. The normalized spacial score (nSPS) is 11.3. The highest BCUT2D eigenvalue weighted by atomic mass is 32.2. The number of carbonyl (C=O) groups excluding carboxylic acids is 1. The standard InChI is InChI=1S/C19H17N3O3S/c1-13-20-19(22-21-13)26-17(18(23)24)11-15-8-5-9-16(10-15)25-12-14-6-3-2-4-7-14/h2-11H,12H2,1H3,(H,23,24)(H,20,21,22)/p-1/b17-11-. The lowest BCUT2D eigenvalue weighted by atomic mass is 10.2. The number of rotatable bonds is 7. The quantitative estimate of drug-likeness (QED) is 0.510. The van der Waals surface area contributed by atoms with Crippen molar-refractivity contribution in [2.45, 2.75) is 18.7 Å². The van der Waals surface area contributed by atoms with E-state index in [1.807, 2.05) is 36.4 Å². The molecular weight excluding hydrogens is 350 g/mol. The maximum atomic E-state index is 11.4. The second-order valence-electron chi connectivity index (χ2n) is 5.45. The Labute approximate surface area is 154 Å². The molecule has 3 aromatic rings. The van der Waals surface area contributed by atoms with Gasteiger partial charge in [-0.2, -0.15) is 0 Å². The molecule has 132 valence electrons. The SMILES string of the molecule is Cc1nc(S/C(=C\c2cccc(OCc3ccccc3)c2)C(=O)[O-])n[nH]1. The van der Waals surface area contributed by atoms with E-state index in [-0.39, 0.29) is 4.91 Å². The molecule has 0 unspecified atom stereocenters. The first-order valence-corrected chi connectivity index (χ1v) is 8.68. The van der Waals surface area contributed by atoms with Crippen LogP contribution < -0.4 is 9.84 Å². The maximum Gasteiger partial charge on any atom is 0.213 e. The summed E-state index contributed by atoms with van der Waals surface area (Å²) >= 11 is 0.933. The Kier molecular flexibility index (Phi) is 5.70. The van der Waals surface area contributed by atoms with Gasteiger partial charge < -0.3 is 14.6 Å². The molecule has 0 amide bonds. The smallest absolute Gasteiger partial charge is 0.213 e. The van der Waals surface area contributed by atoms with Crippen LogP contribution in [0.4, 0.5) is 0 Å². The van der Waals surface area contributed by atoms with Crippen molar-refractivity contribution in [1.82, 2.24) is 15.2 Å². The summed E-state index contributed by atoms with van der Waals surface area (Å²) in [5.74, 6) is -0.0198. The van der Waals surface area contributed by atoms with Crippen molar-refractivity contribution in [3.63, 3.8) is 0 Å². The van der Waals surface area contributed by atoms with E-state index < -0.39 is 5.97 Å². The first kappa shape index (κ1) is 17.8. The number of thioether (sulfide) groups is 1. The number of hydrogen-bond acceptors (Lipinski definition) is 6. The van der Waals surface area contributed by atoms with Gasteiger partial charge in [0, 0.05) is 4.91 Å². The zero-order chi connectivity index (χ0) is 18.4. The molecule has 2 aromatic carbocycles.